The van der Waals surface area contributed by atoms with Gasteiger partial charge >= 0.3 is 0 Å². The van der Waals surface area contributed by atoms with Crippen LogP contribution in [0.4, 0.5) is 5.69 Å². The monoisotopic (exact) mass is 353 g/mol. The quantitative estimate of drug-likeness (QED) is 0.724. The first kappa shape index (κ1) is 18.6. The van der Waals surface area contributed by atoms with Gasteiger partial charge in [-0.1, -0.05) is 48.5 Å². The van der Waals surface area contributed by atoms with E-state index in [0.717, 1.165) is 49.5 Å². The topological polar surface area (TPSA) is 38.0 Å². The van der Waals surface area contributed by atoms with Crippen LogP contribution in [0.15, 0.2) is 48.5 Å². The number of hydrogen-bond acceptors (Lipinski definition) is 1. The Balaban J connectivity index is 1.53. The fourth-order valence-corrected chi connectivity index (χ4v) is 3.85. The Morgan fingerprint density at radius 3 is 2.19 bits per heavy atom. The Morgan fingerprint density at radius 1 is 0.962 bits per heavy atom. The summed E-state index contributed by atoms with van der Waals surface area (Å²) in [7, 11) is 0. The second kappa shape index (κ2) is 8.47. The number of carbonyl (C=O) groups is 1. The van der Waals surface area contributed by atoms with Crippen LogP contribution in [0.25, 0.3) is 0 Å². The number of piperazine rings is 1. The van der Waals surface area contributed by atoms with Crippen molar-refractivity contribution in [1.82, 2.24) is 0 Å². The predicted octanol–water partition coefficient (Wildman–Crippen LogP) is 0.614. The number of amides is 1. The Bertz CT molecular complexity index is 716. The highest BCUT2D eigenvalue weighted by Crippen LogP contribution is 2.19. The summed E-state index contributed by atoms with van der Waals surface area (Å²) in [5.41, 5.74) is 4.61. The van der Waals surface area contributed by atoms with Crippen LogP contribution in [-0.2, 0) is 11.3 Å². The molecule has 0 aromatic heterocycles. The third kappa shape index (κ3) is 4.51. The summed E-state index contributed by atoms with van der Waals surface area (Å²) >= 11 is 0. The zero-order valence-corrected chi connectivity index (χ0v) is 16.1. The molecule has 1 aliphatic heterocycles. The van der Waals surface area contributed by atoms with Gasteiger partial charge in [-0.15, -0.1) is 0 Å². The summed E-state index contributed by atoms with van der Waals surface area (Å²) in [6.07, 6.45) is 0. The SMILES string of the molecule is Cc1cccc(C)c1NC(=O)[C@H](C)[NH+]1CC[NH+](Cc2ccccc2)CC1. The average molecular weight is 354 g/mol. The zero-order valence-electron chi connectivity index (χ0n) is 16.1. The van der Waals surface area contributed by atoms with Gasteiger partial charge in [0.05, 0.1) is 0 Å². The van der Waals surface area contributed by atoms with E-state index in [9.17, 15) is 4.79 Å². The van der Waals surface area contributed by atoms with Gasteiger partial charge in [-0.25, -0.2) is 0 Å². The van der Waals surface area contributed by atoms with Crippen LogP contribution < -0.4 is 15.1 Å². The molecule has 0 aliphatic carbocycles. The minimum Gasteiger partial charge on any atom is -0.322 e. The van der Waals surface area contributed by atoms with E-state index in [1.807, 2.05) is 32.0 Å². The van der Waals surface area contributed by atoms with Gasteiger partial charge in [0.25, 0.3) is 5.91 Å². The molecule has 4 nitrogen and oxygen atoms in total. The number of rotatable bonds is 5. The highest BCUT2D eigenvalue weighted by Gasteiger charge is 2.31. The molecule has 2 aromatic rings. The van der Waals surface area contributed by atoms with Crippen LogP contribution in [0.2, 0.25) is 0 Å². The van der Waals surface area contributed by atoms with E-state index in [1.54, 1.807) is 4.90 Å². The van der Waals surface area contributed by atoms with Crippen LogP contribution in [0, 0.1) is 13.8 Å². The number of quaternary nitrogens is 2. The second-order valence-electron chi connectivity index (χ2n) is 7.55. The van der Waals surface area contributed by atoms with E-state index in [4.69, 9.17) is 0 Å². The smallest absolute Gasteiger partial charge is 0.282 e. The first-order valence-electron chi connectivity index (χ1n) is 9.63. The molecule has 0 radical (unpaired) electrons. The number of nitrogens with one attached hydrogen (secondary N) is 3. The van der Waals surface area contributed by atoms with Gasteiger partial charge < -0.3 is 15.1 Å². The van der Waals surface area contributed by atoms with Crippen molar-refractivity contribution in [2.75, 3.05) is 31.5 Å². The Labute approximate surface area is 156 Å². The number of carbonyl (C=O) groups excluding carboxylic acids is 1. The number of aryl methyl sites for hydroxylation is 2. The van der Waals surface area contributed by atoms with Crippen LogP contribution in [0.5, 0.6) is 0 Å². The molecule has 0 bridgehead atoms. The molecule has 0 saturated carbocycles. The van der Waals surface area contributed by atoms with E-state index in [0.29, 0.717) is 0 Å². The minimum atomic E-state index is -0.0210. The van der Waals surface area contributed by atoms with E-state index < -0.39 is 0 Å². The van der Waals surface area contributed by atoms with Crippen LogP contribution in [0.1, 0.15) is 23.6 Å². The van der Waals surface area contributed by atoms with Crippen molar-refractivity contribution < 1.29 is 14.6 Å². The van der Waals surface area contributed by atoms with Gasteiger partial charge in [-0.05, 0) is 31.9 Å². The van der Waals surface area contributed by atoms with Crippen molar-refractivity contribution >= 4 is 11.6 Å². The van der Waals surface area contributed by atoms with Gasteiger partial charge in [-0.3, -0.25) is 4.79 Å². The molecule has 4 heteroatoms. The van der Waals surface area contributed by atoms with Gasteiger partial charge in [0, 0.05) is 11.3 Å². The first-order chi connectivity index (χ1) is 12.5. The van der Waals surface area contributed by atoms with E-state index >= 15 is 0 Å². The lowest BCUT2D eigenvalue weighted by Crippen LogP contribution is -3.29. The standard InChI is InChI=1S/C22H29N3O/c1-17-8-7-9-18(2)21(17)23-22(26)19(3)25-14-12-24(13-15-25)16-20-10-5-4-6-11-20/h4-11,19H,12-16H2,1-3H3,(H,23,26)/p+2/t19-/m0/s1. The molecule has 1 aliphatic rings. The normalized spacial score (nSPS) is 21.2. The van der Waals surface area contributed by atoms with Crippen molar-refractivity contribution in [3.8, 4) is 0 Å². The van der Waals surface area contributed by atoms with Crippen molar-refractivity contribution in [3.05, 3.63) is 65.2 Å². The molecule has 0 unspecified atom stereocenters. The third-order valence-electron chi connectivity index (χ3n) is 5.63. The largest absolute Gasteiger partial charge is 0.322 e. The Kier molecular flexibility index (Phi) is 6.07. The molecule has 26 heavy (non-hydrogen) atoms. The summed E-state index contributed by atoms with van der Waals surface area (Å²) in [5, 5.41) is 3.16. The zero-order chi connectivity index (χ0) is 18.5. The molecule has 3 rings (SSSR count). The number of anilines is 1. The molecule has 1 heterocycles. The lowest BCUT2D eigenvalue weighted by atomic mass is 10.1. The van der Waals surface area contributed by atoms with Crippen LogP contribution in [-0.4, -0.2) is 38.1 Å². The van der Waals surface area contributed by atoms with Crippen molar-refractivity contribution in [2.45, 2.75) is 33.4 Å². The maximum atomic E-state index is 12.7. The fourth-order valence-electron chi connectivity index (χ4n) is 3.85. The van der Waals surface area contributed by atoms with E-state index in [1.165, 1.54) is 10.5 Å². The molecule has 2 aromatic carbocycles. The third-order valence-corrected chi connectivity index (χ3v) is 5.63. The van der Waals surface area contributed by atoms with Crippen molar-refractivity contribution in [1.29, 1.82) is 0 Å². The molecule has 1 fully saturated rings. The summed E-state index contributed by atoms with van der Waals surface area (Å²) in [6.45, 7) is 11.6. The number of para-hydroxylation sites is 1. The molecule has 1 saturated heterocycles. The molecular weight excluding hydrogens is 322 g/mol. The maximum absolute atomic E-state index is 12.7. The van der Waals surface area contributed by atoms with Crippen LogP contribution in [0.3, 0.4) is 0 Å². The summed E-state index contributed by atoms with van der Waals surface area (Å²) in [6, 6.07) is 16.8. The molecular formula is C22H31N3O+2. The molecule has 1 amide bonds. The lowest BCUT2D eigenvalue weighted by molar-refractivity contribution is -1.02. The lowest BCUT2D eigenvalue weighted by Gasteiger charge is -2.32. The minimum absolute atomic E-state index is 0.0210. The molecule has 138 valence electrons. The average Bonchev–Trinajstić information content (AvgIpc) is 2.65. The Hall–Kier alpha value is -2.17. The van der Waals surface area contributed by atoms with Gasteiger partial charge in [-0.2, -0.15) is 0 Å². The number of hydrogen-bond donors (Lipinski definition) is 3. The summed E-state index contributed by atoms with van der Waals surface area (Å²) < 4.78 is 0. The van der Waals surface area contributed by atoms with Crippen molar-refractivity contribution in [2.24, 2.45) is 0 Å². The summed E-state index contributed by atoms with van der Waals surface area (Å²) in [5.74, 6) is 0.129. The fraction of sp³-hybridized carbons (Fsp3) is 0.409. The second-order valence-corrected chi connectivity index (χ2v) is 7.55. The van der Waals surface area contributed by atoms with E-state index in [-0.39, 0.29) is 11.9 Å². The van der Waals surface area contributed by atoms with Gasteiger partial charge in [0.15, 0.2) is 6.04 Å². The molecule has 3 N–H and O–H groups in total. The maximum Gasteiger partial charge on any atom is 0.282 e. The highest BCUT2D eigenvalue weighted by atomic mass is 16.2. The van der Waals surface area contributed by atoms with Crippen LogP contribution >= 0.6 is 0 Å². The van der Waals surface area contributed by atoms with Crippen molar-refractivity contribution in [3.63, 3.8) is 0 Å². The Morgan fingerprint density at radius 2 is 1.58 bits per heavy atom. The first-order valence-corrected chi connectivity index (χ1v) is 9.63. The van der Waals surface area contributed by atoms with Gasteiger partial charge in [0.2, 0.25) is 0 Å². The van der Waals surface area contributed by atoms with Gasteiger partial charge in [0.1, 0.15) is 32.7 Å². The van der Waals surface area contributed by atoms with E-state index in [2.05, 4.69) is 42.6 Å². The highest BCUT2D eigenvalue weighted by molar-refractivity contribution is 5.95. The predicted molar refractivity (Wildman–Crippen MR) is 106 cm³/mol. The number of benzene rings is 2. The molecule has 1 atom stereocenters. The summed E-state index contributed by atoms with van der Waals surface area (Å²) in [4.78, 5) is 15.8. The molecule has 0 spiro atoms.